The van der Waals surface area contributed by atoms with Gasteiger partial charge in [0.25, 0.3) is 5.69 Å². The highest BCUT2D eigenvalue weighted by Gasteiger charge is 2.19. The molecule has 1 aliphatic carbocycles. The van der Waals surface area contributed by atoms with Crippen LogP contribution in [0.3, 0.4) is 0 Å². The Bertz CT molecular complexity index is 469. The van der Waals surface area contributed by atoms with Crippen LogP contribution in [0.2, 0.25) is 0 Å². The number of hydrogen-bond donors (Lipinski definition) is 1. The van der Waals surface area contributed by atoms with Crippen molar-refractivity contribution >= 4 is 5.69 Å². The zero-order valence-electron chi connectivity index (χ0n) is 11.7. The Morgan fingerprint density at radius 2 is 2.15 bits per heavy atom. The number of nitro groups is 1. The van der Waals surface area contributed by atoms with E-state index in [2.05, 4.69) is 0 Å². The number of aliphatic hydroxyl groups is 1. The van der Waals surface area contributed by atoms with Gasteiger partial charge >= 0.3 is 0 Å². The zero-order chi connectivity index (χ0) is 14.5. The van der Waals surface area contributed by atoms with Gasteiger partial charge in [-0.2, -0.15) is 0 Å². The number of ether oxygens (including phenoxy) is 1. The molecule has 1 aliphatic rings. The lowest BCUT2D eigenvalue weighted by molar-refractivity contribution is -0.384. The second kappa shape index (κ2) is 6.70. The van der Waals surface area contributed by atoms with Gasteiger partial charge in [-0.1, -0.05) is 25.7 Å². The van der Waals surface area contributed by atoms with Crippen molar-refractivity contribution in [2.45, 2.75) is 45.1 Å². The monoisotopic (exact) mass is 279 g/mol. The summed E-state index contributed by atoms with van der Waals surface area (Å²) in [5, 5.41) is 20.6. The van der Waals surface area contributed by atoms with Crippen molar-refractivity contribution in [1.82, 2.24) is 0 Å². The molecule has 0 saturated heterocycles. The van der Waals surface area contributed by atoms with Crippen molar-refractivity contribution in [2.75, 3.05) is 6.61 Å². The van der Waals surface area contributed by atoms with E-state index in [-0.39, 0.29) is 12.3 Å². The fourth-order valence-electron chi connectivity index (χ4n) is 2.79. The summed E-state index contributed by atoms with van der Waals surface area (Å²) in [7, 11) is 0. The van der Waals surface area contributed by atoms with E-state index in [9.17, 15) is 15.2 Å². The van der Waals surface area contributed by atoms with Crippen LogP contribution in [-0.2, 0) is 0 Å². The van der Waals surface area contributed by atoms with Crippen LogP contribution in [0.15, 0.2) is 18.2 Å². The molecule has 0 amide bonds. The van der Waals surface area contributed by atoms with E-state index in [0.717, 1.165) is 6.42 Å². The third-order valence-electron chi connectivity index (χ3n) is 3.88. The third kappa shape index (κ3) is 3.93. The lowest BCUT2D eigenvalue weighted by Crippen LogP contribution is -2.20. The maximum Gasteiger partial charge on any atom is 0.269 e. The second-order valence-electron chi connectivity index (χ2n) is 5.56. The molecule has 1 aromatic rings. The maximum atomic E-state index is 10.6. The smallest absolute Gasteiger partial charge is 0.269 e. The first-order chi connectivity index (χ1) is 9.56. The molecule has 20 heavy (non-hydrogen) atoms. The van der Waals surface area contributed by atoms with Crippen LogP contribution in [0.25, 0.3) is 0 Å². The molecule has 0 aliphatic heterocycles. The highest BCUT2D eigenvalue weighted by atomic mass is 16.6. The summed E-state index contributed by atoms with van der Waals surface area (Å²) < 4.78 is 5.57. The average Bonchev–Trinajstić information content (AvgIpc) is 2.90. The van der Waals surface area contributed by atoms with E-state index in [0.29, 0.717) is 17.2 Å². The van der Waals surface area contributed by atoms with Gasteiger partial charge < -0.3 is 9.84 Å². The second-order valence-corrected chi connectivity index (χ2v) is 5.56. The molecule has 0 spiro atoms. The summed E-state index contributed by atoms with van der Waals surface area (Å²) in [5.41, 5.74) is 0.772. The van der Waals surface area contributed by atoms with E-state index in [1.165, 1.54) is 37.8 Å². The minimum atomic E-state index is -0.465. The Kier molecular flexibility index (Phi) is 4.95. The van der Waals surface area contributed by atoms with Crippen molar-refractivity contribution in [3.8, 4) is 5.75 Å². The Balaban J connectivity index is 1.85. The standard InChI is InChI=1S/C15H21NO4/c1-11-8-13(16(18)19)6-7-15(11)20-10-14(17)9-12-4-2-3-5-12/h6-8,12,14,17H,2-5,9-10H2,1H3. The van der Waals surface area contributed by atoms with Crippen LogP contribution in [0.5, 0.6) is 5.75 Å². The number of nitro benzene ring substituents is 1. The van der Waals surface area contributed by atoms with E-state index >= 15 is 0 Å². The molecule has 0 radical (unpaired) electrons. The molecule has 110 valence electrons. The predicted molar refractivity (Wildman–Crippen MR) is 75.9 cm³/mol. The Morgan fingerprint density at radius 1 is 1.45 bits per heavy atom. The van der Waals surface area contributed by atoms with E-state index in [4.69, 9.17) is 4.74 Å². The third-order valence-corrected chi connectivity index (χ3v) is 3.88. The number of aliphatic hydroxyl groups excluding tert-OH is 1. The number of benzene rings is 1. The maximum absolute atomic E-state index is 10.6. The van der Waals surface area contributed by atoms with Gasteiger partial charge in [0.1, 0.15) is 12.4 Å². The quantitative estimate of drug-likeness (QED) is 0.641. The molecule has 0 aromatic heterocycles. The number of hydrogen-bond acceptors (Lipinski definition) is 4. The van der Waals surface area contributed by atoms with Gasteiger partial charge in [-0.3, -0.25) is 10.1 Å². The topological polar surface area (TPSA) is 72.6 Å². The molecule has 0 heterocycles. The van der Waals surface area contributed by atoms with Crippen LogP contribution in [0.1, 0.15) is 37.7 Å². The average molecular weight is 279 g/mol. The number of rotatable bonds is 6. The van der Waals surface area contributed by atoms with Gasteiger partial charge in [0, 0.05) is 12.1 Å². The predicted octanol–water partition coefficient (Wildman–Crippen LogP) is 3.22. The molecular formula is C15H21NO4. The first-order valence-corrected chi connectivity index (χ1v) is 7.12. The first-order valence-electron chi connectivity index (χ1n) is 7.12. The molecular weight excluding hydrogens is 258 g/mol. The minimum absolute atomic E-state index is 0.0568. The Labute approximate surface area is 118 Å². The number of aryl methyl sites for hydroxylation is 1. The summed E-state index contributed by atoms with van der Waals surface area (Å²) in [6.45, 7) is 2.01. The van der Waals surface area contributed by atoms with Crippen molar-refractivity contribution in [3.63, 3.8) is 0 Å². The molecule has 0 bridgehead atoms. The zero-order valence-corrected chi connectivity index (χ0v) is 11.7. The van der Waals surface area contributed by atoms with E-state index < -0.39 is 11.0 Å². The SMILES string of the molecule is Cc1cc([N+](=O)[O-])ccc1OCC(O)CC1CCCC1. The van der Waals surface area contributed by atoms with E-state index in [1.54, 1.807) is 13.0 Å². The van der Waals surface area contributed by atoms with Gasteiger partial charge in [-0.25, -0.2) is 0 Å². The molecule has 1 aromatic carbocycles. The molecule has 1 N–H and O–H groups in total. The van der Waals surface area contributed by atoms with Crippen molar-refractivity contribution in [1.29, 1.82) is 0 Å². The largest absolute Gasteiger partial charge is 0.491 e. The van der Waals surface area contributed by atoms with Crippen LogP contribution in [0.4, 0.5) is 5.69 Å². The first kappa shape index (κ1) is 14.8. The Morgan fingerprint density at radius 3 is 2.75 bits per heavy atom. The lowest BCUT2D eigenvalue weighted by Gasteiger charge is -2.16. The minimum Gasteiger partial charge on any atom is -0.491 e. The van der Waals surface area contributed by atoms with Crippen LogP contribution in [-0.4, -0.2) is 22.7 Å². The molecule has 1 unspecified atom stereocenters. The van der Waals surface area contributed by atoms with E-state index in [1.807, 2.05) is 0 Å². The summed E-state index contributed by atoms with van der Waals surface area (Å²) in [6.07, 6.45) is 5.25. The normalized spacial score (nSPS) is 17.1. The fourth-order valence-corrected chi connectivity index (χ4v) is 2.79. The molecule has 1 atom stereocenters. The van der Waals surface area contributed by atoms with Gasteiger partial charge in [-0.05, 0) is 30.9 Å². The van der Waals surface area contributed by atoms with Gasteiger partial charge in [0.05, 0.1) is 11.0 Å². The summed E-state index contributed by atoms with van der Waals surface area (Å²) >= 11 is 0. The van der Waals surface area contributed by atoms with Crippen molar-refractivity contribution < 1.29 is 14.8 Å². The van der Waals surface area contributed by atoms with Crippen LogP contribution < -0.4 is 4.74 Å². The summed E-state index contributed by atoms with van der Waals surface area (Å²) in [4.78, 5) is 10.2. The Hall–Kier alpha value is -1.62. The van der Waals surface area contributed by atoms with Gasteiger partial charge in [0.2, 0.25) is 0 Å². The molecule has 1 saturated carbocycles. The van der Waals surface area contributed by atoms with Crippen molar-refractivity contribution in [3.05, 3.63) is 33.9 Å². The lowest BCUT2D eigenvalue weighted by atomic mass is 10.0. The molecule has 5 nitrogen and oxygen atoms in total. The van der Waals surface area contributed by atoms with Crippen LogP contribution in [0, 0.1) is 23.0 Å². The number of nitrogens with zero attached hydrogens (tertiary/aromatic N) is 1. The molecule has 2 rings (SSSR count). The molecule has 1 fully saturated rings. The summed E-state index contributed by atoms with van der Waals surface area (Å²) in [6, 6.07) is 4.50. The van der Waals surface area contributed by atoms with Gasteiger partial charge in [0.15, 0.2) is 0 Å². The highest BCUT2D eigenvalue weighted by molar-refractivity contribution is 5.42. The fraction of sp³-hybridized carbons (Fsp3) is 0.600. The van der Waals surface area contributed by atoms with Crippen LogP contribution >= 0.6 is 0 Å². The van der Waals surface area contributed by atoms with Crippen molar-refractivity contribution in [2.24, 2.45) is 5.92 Å². The van der Waals surface area contributed by atoms with Gasteiger partial charge in [-0.15, -0.1) is 0 Å². The summed E-state index contributed by atoms with van der Waals surface area (Å²) in [5.74, 6) is 1.22. The highest BCUT2D eigenvalue weighted by Crippen LogP contribution is 2.29. The number of non-ortho nitro benzene ring substituents is 1. The molecule has 5 heteroatoms.